The summed E-state index contributed by atoms with van der Waals surface area (Å²) in [6, 6.07) is 5.76. The molecule has 152 valence electrons. The maximum absolute atomic E-state index is 13.0. The van der Waals surface area contributed by atoms with Crippen LogP contribution in [0.2, 0.25) is 0 Å². The molecule has 4 nitrogen and oxygen atoms in total. The number of aromatic nitrogens is 2. The molecule has 7 heteroatoms. The number of nitrogens with one attached hydrogen (secondary N) is 1. The molecule has 0 radical (unpaired) electrons. The number of nitrogens with zero attached hydrogens (tertiary/aromatic N) is 2. The van der Waals surface area contributed by atoms with E-state index in [0.717, 1.165) is 31.2 Å². The third kappa shape index (κ3) is 6.60. The van der Waals surface area contributed by atoms with Gasteiger partial charge in [0.25, 0.3) is 12.3 Å². The zero-order chi connectivity index (χ0) is 21.3. The van der Waals surface area contributed by atoms with E-state index in [2.05, 4.69) is 36.2 Å². The Labute approximate surface area is 169 Å². The van der Waals surface area contributed by atoms with Crippen molar-refractivity contribution in [2.45, 2.75) is 39.0 Å². The minimum absolute atomic E-state index is 0.0779. The molecule has 1 aromatic carbocycles. The van der Waals surface area contributed by atoms with Crippen molar-refractivity contribution in [1.29, 1.82) is 0 Å². The SMILES string of the molecule is C=C.C=C(C)Cl.Cn1cc(C(=O)Nc2cccc3c2CCCC3)c(C(F)F)n1. The number of carbonyl (C=O) groups is 1. The summed E-state index contributed by atoms with van der Waals surface area (Å²) in [5, 5.41) is 7.07. The van der Waals surface area contributed by atoms with E-state index >= 15 is 0 Å². The van der Waals surface area contributed by atoms with Gasteiger partial charge in [-0.3, -0.25) is 9.48 Å². The van der Waals surface area contributed by atoms with Crippen molar-refractivity contribution in [1.82, 2.24) is 9.78 Å². The highest BCUT2D eigenvalue weighted by atomic mass is 35.5. The van der Waals surface area contributed by atoms with Crippen molar-refractivity contribution in [3.8, 4) is 0 Å². The fourth-order valence-electron chi connectivity index (χ4n) is 2.93. The summed E-state index contributed by atoms with van der Waals surface area (Å²) in [6.45, 7) is 11.1. The molecule has 0 saturated heterocycles. The number of allylic oxidation sites excluding steroid dienone is 1. The highest BCUT2D eigenvalue weighted by Crippen LogP contribution is 2.29. The van der Waals surface area contributed by atoms with Crippen molar-refractivity contribution in [3.05, 3.63) is 71.5 Å². The highest BCUT2D eigenvalue weighted by molar-refractivity contribution is 6.28. The van der Waals surface area contributed by atoms with Crippen LogP contribution in [0.5, 0.6) is 0 Å². The van der Waals surface area contributed by atoms with Crippen LogP contribution in [-0.4, -0.2) is 15.7 Å². The topological polar surface area (TPSA) is 46.9 Å². The number of fused-ring (bicyclic) bond motifs is 1. The summed E-state index contributed by atoms with van der Waals surface area (Å²) in [5.41, 5.74) is 2.50. The predicted molar refractivity (Wildman–Crippen MR) is 111 cm³/mol. The normalized spacial score (nSPS) is 12.1. The smallest absolute Gasteiger partial charge is 0.282 e. The number of carbonyl (C=O) groups excluding carboxylic acids is 1. The summed E-state index contributed by atoms with van der Waals surface area (Å²) in [4.78, 5) is 12.3. The van der Waals surface area contributed by atoms with Gasteiger partial charge in [0, 0.05) is 24.0 Å². The summed E-state index contributed by atoms with van der Waals surface area (Å²) < 4.78 is 27.1. The lowest BCUT2D eigenvalue weighted by Crippen LogP contribution is -2.16. The fourth-order valence-corrected chi connectivity index (χ4v) is 2.93. The standard InChI is InChI=1S/C16H17F2N3O.C3H5Cl.C2H4/c1-21-9-12(14(20-21)15(17)18)16(22)19-13-8-4-6-10-5-2-3-7-11(10)13;1-3(2)4;1-2/h4,6,8-9,15H,2-3,5,7H2,1H3,(H,19,22);1H2,2H3;1-2H2. The lowest BCUT2D eigenvalue weighted by atomic mass is 9.90. The molecule has 0 bridgehead atoms. The van der Waals surface area contributed by atoms with Gasteiger partial charge in [0.15, 0.2) is 0 Å². The maximum atomic E-state index is 13.0. The van der Waals surface area contributed by atoms with Crippen LogP contribution in [0.25, 0.3) is 0 Å². The second-order valence-electron chi connectivity index (χ2n) is 6.18. The van der Waals surface area contributed by atoms with Crippen LogP contribution in [0.15, 0.2) is 49.2 Å². The van der Waals surface area contributed by atoms with Gasteiger partial charge in [-0.05, 0) is 49.8 Å². The Hall–Kier alpha value is -2.47. The first kappa shape index (κ1) is 23.6. The summed E-state index contributed by atoms with van der Waals surface area (Å²) in [7, 11) is 1.52. The van der Waals surface area contributed by atoms with Crippen LogP contribution < -0.4 is 5.32 Å². The van der Waals surface area contributed by atoms with Crippen LogP contribution in [-0.2, 0) is 19.9 Å². The number of rotatable bonds is 3. The number of benzene rings is 1. The van der Waals surface area contributed by atoms with Gasteiger partial charge in [0.2, 0.25) is 0 Å². The second-order valence-corrected chi connectivity index (χ2v) is 6.83. The van der Waals surface area contributed by atoms with E-state index in [1.807, 2.05) is 12.1 Å². The van der Waals surface area contributed by atoms with Gasteiger partial charge in [-0.15, -0.1) is 13.2 Å². The molecule has 1 heterocycles. The van der Waals surface area contributed by atoms with E-state index in [4.69, 9.17) is 11.6 Å². The van der Waals surface area contributed by atoms with Crippen molar-refractivity contribution in [2.24, 2.45) is 7.05 Å². The van der Waals surface area contributed by atoms with E-state index in [1.165, 1.54) is 23.5 Å². The molecule has 3 rings (SSSR count). The van der Waals surface area contributed by atoms with Crippen molar-refractivity contribution in [2.75, 3.05) is 5.32 Å². The maximum Gasteiger partial charge on any atom is 0.282 e. The molecule has 1 aliphatic carbocycles. The average molecular weight is 410 g/mol. The first-order valence-corrected chi connectivity index (χ1v) is 9.22. The Kier molecular flexibility index (Phi) is 9.59. The molecule has 2 aromatic rings. The quantitative estimate of drug-likeness (QED) is 0.627. The Morgan fingerprint density at radius 1 is 1.29 bits per heavy atom. The second kappa shape index (κ2) is 11.4. The van der Waals surface area contributed by atoms with Gasteiger partial charge in [0.05, 0.1) is 5.56 Å². The van der Waals surface area contributed by atoms with Crippen LogP contribution in [0.4, 0.5) is 14.5 Å². The van der Waals surface area contributed by atoms with Gasteiger partial charge < -0.3 is 5.32 Å². The third-order valence-electron chi connectivity index (χ3n) is 3.95. The predicted octanol–water partition coefficient (Wildman–Crippen LogP) is 6.05. The third-order valence-corrected chi connectivity index (χ3v) is 3.95. The molecule has 0 atom stereocenters. The molecule has 1 aliphatic rings. The Bertz CT molecular complexity index is 814. The molecule has 1 N–H and O–H groups in total. The highest BCUT2D eigenvalue weighted by Gasteiger charge is 2.23. The Morgan fingerprint density at radius 2 is 1.89 bits per heavy atom. The first-order valence-electron chi connectivity index (χ1n) is 8.84. The Balaban J connectivity index is 0.000000583. The van der Waals surface area contributed by atoms with Gasteiger partial charge in [0.1, 0.15) is 5.69 Å². The van der Waals surface area contributed by atoms with Gasteiger partial charge in [-0.2, -0.15) is 5.10 Å². The zero-order valence-electron chi connectivity index (χ0n) is 16.3. The van der Waals surface area contributed by atoms with E-state index < -0.39 is 18.0 Å². The minimum atomic E-state index is -2.77. The Morgan fingerprint density at radius 3 is 2.50 bits per heavy atom. The fraction of sp³-hybridized carbons (Fsp3) is 0.333. The van der Waals surface area contributed by atoms with E-state index in [-0.39, 0.29) is 5.56 Å². The zero-order valence-corrected chi connectivity index (χ0v) is 17.0. The van der Waals surface area contributed by atoms with Gasteiger partial charge >= 0.3 is 0 Å². The summed E-state index contributed by atoms with van der Waals surface area (Å²) in [6.07, 6.45) is 2.67. The molecule has 1 amide bonds. The molecular formula is C21H26ClF2N3O. The van der Waals surface area contributed by atoms with Gasteiger partial charge in [-0.1, -0.05) is 30.3 Å². The number of hydrogen-bond donors (Lipinski definition) is 1. The first-order chi connectivity index (χ1) is 13.3. The lowest BCUT2D eigenvalue weighted by molar-refractivity contribution is 0.101. The molecule has 0 unspecified atom stereocenters. The molecule has 0 fully saturated rings. The van der Waals surface area contributed by atoms with Crippen molar-refractivity contribution >= 4 is 23.2 Å². The number of anilines is 1. The average Bonchev–Trinajstić information content (AvgIpc) is 3.06. The summed E-state index contributed by atoms with van der Waals surface area (Å²) >= 11 is 5.08. The molecule has 1 aromatic heterocycles. The largest absolute Gasteiger partial charge is 0.322 e. The molecule has 28 heavy (non-hydrogen) atoms. The van der Waals surface area contributed by atoms with E-state index in [9.17, 15) is 13.6 Å². The van der Waals surface area contributed by atoms with Crippen molar-refractivity contribution < 1.29 is 13.6 Å². The van der Waals surface area contributed by atoms with E-state index in [1.54, 1.807) is 6.92 Å². The van der Waals surface area contributed by atoms with Crippen LogP contribution >= 0.6 is 11.6 Å². The number of hydrogen-bond acceptors (Lipinski definition) is 2. The van der Waals surface area contributed by atoms with Gasteiger partial charge in [-0.25, -0.2) is 8.78 Å². The summed E-state index contributed by atoms with van der Waals surface area (Å²) in [5.74, 6) is -0.539. The van der Waals surface area contributed by atoms with Crippen LogP contribution in [0, 0.1) is 0 Å². The minimum Gasteiger partial charge on any atom is -0.322 e. The molecular weight excluding hydrogens is 384 g/mol. The molecule has 0 saturated carbocycles. The van der Waals surface area contributed by atoms with Crippen LogP contribution in [0.3, 0.4) is 0 Å². The number of alkyl halides is 2. The molecule has 0 aliphatic heterocycles. The lowest BCUT2D eigenvalue weighted by Gasteiger charge is -2.19. The number of amides is 1. The number of halogens is 3. The number of aryl methyl sites for hydroxylation is 2. The van der Waals surface area contributed by atoms with Crippen molar-refractivity contribution in [3.63, 3.8) is 0 Å². The van der Waals surface area contributed by atoms with Crippen LogP contribution in [0.1, 0.15) is 53.4 Å². The van der Waals surface area contributed by atoms with E-state index in [0.29, 0.717) is 10.7 Å². The monoisotopic (exact) mass is 409 g/mol. The molecule has 0 spiro atoms.